The molecule has 1 N–H and O–H groups in total. The highest BCUT2D eigenvalue weighted by molar-refractivity contribution is 5.30. The second kappa shape index (κ2) is 4.77. The minimum absolute atomic E-state index is 0.480. The highest BCUT2D eigenvalue weighted by Gasteiger charge is 2.03. The number of ether oxygens (including phenoxy) is 1. The highest BCUT2D eigenvalue weighted by Crippen LogP contribution is 2.11. The molecule has 2 rings (SSSR count). The van der Waals surface area contributed by atoms with Gasteiger partial charge in [0.05, 0.1) is 13.7 Å². The van der Waals surface area contributed by atoms with Crippen molar-refractivity contribution in [3.63, 3.8) is 0 Å². The van der Waals surface area contributed by atoms with Crippen LogP contribution in [-0.4, -0.2) is 31.8 Å². The van der Waals surface area contributed by atoms with Crippen molar-refractivity contribution in [2.24, 2.45) is 7.05 Å². The summed E-state index contributed by atoms with van der Waals surface area (Å²) in [5.41, 5.74) is 0.841. The minimum Gasteiger partial charge on any atom is -0.481 e. The van der Waals surface area contributed by atoms with Crippen LogP contribution in [0.5, 0.6) is 5.88 Å². The molecule has 0 aliphatic rings. The lowest BCUT2D eigenvalue weighted by Crippen LogP contribution is -2.07. The molecule has 0 aromatic carbocycles. The molecule has 17 heavy (non-hydrogen) atoms. The normalized spacial score (nSPS) is 10.3. The fourth-order valence-electron chi connectivity index (χ4n) is 1.35. The van der Waals surface area contributed by atoms with Gasteiger partial charge in [-0.25, -0.2) is 9.97 Å². The zero-order valence-corrected chi connectivity index (χ0v) is 10.0. The van der Waals surface area contributed by atoms with Gasteiger partial charge in [-0.3, -0.25) is 4.68 Å². The Kier molecular flexibility index (Phi) is 3.17. The number of hydrogen-bond donors (Lipinski definition) is 1. The quantitative estimate of drug-likeness (QED) is 0.831. The van der Waals surface area contributed by atoms with Crippen molar-refractivity contribution in [3.05, 3.63) is 23.9 Å². The van der Waals surface area contributed by atoms with Gasteiger partial charge < -0.3 is 10.1 Å². The topological polar surface area (TPSA) is 77.8 Å². The van der Waals surface area contributed by atoms with Crippen LogP contribution < -0.4 is 10.1 Å². The number of nitrogens with one attached hydrogen (secondary N) is 1. The summed E-state index contributed by atoms with van der Waals surface area (Å²) in [5, 5.41) is 7.20. The first-order valence-electron chi connectivity index (χ1n) is 5.15. The molecule has 0 atom stereocenters. The van der Waals surface area contributed by atoms with Crippen LogP contribution in [-0.2, 0) is 13.6 Å². The van der Waals surface area contributed by atoms with Gasteiger partial charge >= 0.3 is 0 Å². The highest BCUT2D eigenvalue weighted by atomic mass is 16.5. The molecule has 0 aliphatic carbocycles. The number of aromatic nitrogens is 5. The van der Waals surface area contributed by atoms with E-state index in [0.717, 1.165) is 5.69 Å². The summed E-state index contributed by atoms with van der Waals surface area (Å²) in [6.07, 6.45) is 1.65. The maximum absolute atomic E-state index is 5.07. The van der Waals surface area contributed by atoms with Crippen molar-refractivity contribution in [3.8, 4) is 5.88 Å². The Morgan fingerprint density at radius 3 is 2.88 bits per heavy atom. The molecular weight excluding hydrogens is 220 g/mol. The second-order valence-corrected chi connectivity index (χ2v) is 3.56. The minimum atomic E-state index is 0.480. The molecule has 0 spiro atoms. The molecule has 0 bridgehead atoms. The Balaban J connectivity index is 2.05. The Bertz CT molecular complexity index is 509. The lowest BCUT2D eigenvalue weighted by molar-refractivity contribution is 0.397. The average molecular weight is 234 g/mol. The van der Waals surface area contributed by atoms with Crippen molar-refractivity contribution < 1.29 is 4.74 Å². The first kappa shape index (κ1) is 11.3. The van der Waals surface area contributed by atoms with E-state index in [1.54, 1.807) is 24.2 Å². The van der Waals surface area contributed by atoms with Gasteiger partial charge in [-0.05, 0) is 6.92 Å². The lowest BCUT2D eigenvalue weighted by atomic mass is 10.4. The first-order chi connectivity index (χ1) is 8.17. The molecule has 0 aliphatic heterocycles. The maximum Gasteiger partial charge on any atom is 0.226 e. The van der Waals surface area contributed by atoms with Crippen LogP contribution in [0.2, 0.25) is 0 Å². The predicted molar refractivity (Wildman–Crippen MR) is 61.7 cm³/mol. The Hall–Kier alpha value is -2.18. The van der Waals surface area contributed by atoms with E-state index in [1.807, 2.05) is 14.0 Å². The average Bonchev–Trinajstić information content (AvgIpc) is 2.72. The largest absolute Gasteiger partial charge is 0.481 e. The summed E-state index contributed by atoms with van der Waals surface area (Å²) in [6.45, 7) is 2.36. The number of hydrogen-bond acceptors (Lipinski definition) is 6. The van der Waals surface area contributed by atoms with E-state index in [4.69, 9.17) is 4.74 Å². The summed E-state index contributed by atoms with van der Waals surface area (Å²) in [7, 11) is 3.40. The number of aryl methyl sites for hydroxylation is 2. The van der Waals surface area contributed by atoms with E-state index in [9.17, 15) is 0 Å². The predicted octanol–water partition coefficient (Wildman–Crippen LogP) is 0.534. The van der Waals surface area contributed by atoms with Crippen LogP contribution >= 0.6 is 0 Å². The molecule has 0 saturated heterocycles. The summed E-state index contributed by atoms with van der Waals surface area (Å²) in [4.78, 5) is 12.5. The standard InChI is InChI=1S/C10H14N6O/c1-7-4-9(17-3)14-10(13-7)11-5-8-12-6-16(2)15-8/h4,6H,5H2,1-3H3,(H,11,13,14). The fraction of sp³-hybridized carbons (Fsp3) is 0.400. The van der Waals surface area contributed by atoms with Crippen molar-refractivity contribution in [2.75, 3.05) is 12.4 Å². The fourth-order valence-corrected chi connectivity index (χ4v) is 1.35. The molecule has 2 aromatic rings. The van der Waals surface area contributed by atoms with Gasteiger partial charge in [0.25, 0.3) is 0 Å². The Morgan fingerprint density at radius 1 is 1.41 bits per heavy atom. The molecule has 7 heteroatoms. The monoisotopic (exact) mass is 234 g/mol. The van der Waals surface area contributed by atoms with E-state index in [0.29, 0.717) is 24.2 Å². The molecule has 0 amide bonds. The third kappa shape index (κ3) is 2.90. The van der Waals surface area contributed by atoms with Crippen LogP contribution in [0.1, 0.15) is 11.5 Å². The molecule has 2 heterocycles. The third-order valence-corrected chi connectivity index (χ3v) is 2.09. The van der Waals surface area contributed by atoms with Crippen molar-refractivity contribution in [1.82, 2.24) is 24.7 Å². The lowest BCUT2D eigenvalue weighted by Gasteiger charge is -2.05. The number of methoxy groups -OCH3 is 1. The maximum atomic E-state index is 5.07. The third-order valence-electron chi connectivity index (χ3n) is 2.09. The molecule has 0 radical (unpaired) electrons. The number of nitrogens with zero attached hydrogens (tertiary/aromatic N) is 5. The molecule has 2 aromatic heterocycles. The zero-order chi connectivity index (χ0) is 12.3. The molecule has 0 unspecified atom stereocenters. The Morgan fingerprint density at radius 2 is 2.24 bits per heavy atom. The summed E-state index contributed by atoms with van der Waals surface area (Å²) < 4.78 is 6.71. The van der Waals surface area contributed by atoms with Gasteiger partial charge in [0.2, 0.25) is 11.8 Å². The van der Waals surface area contributed by atoms with Crippen LogP contribution in [0, 0.1) is 6.92 Å². The van der Waals surface area contributed by atoms with Crippen LogP contribution in [0.25, 0.3) is 0 Å². The molecule has 0 saturated carbocycles. The molecule has 0 fully saturated rings. The summed E-state index contributed by atoms with van der Waals surface area (Å²) >= 11 is 0. The van der Waals surface area contributed by atoms with Crippen LogP contribution in [0.4, 0.5) is 5.95 Å². The van der Waals surface area contributed by atoms with Crippen molar-refractivity contribution in [2.45, 2.75) is 13.5 Å². The van der Waals surface area contributed by atoms with E-state index >= 15 is 0 Å². The van der Waals surface area contributed by atoms with Gasteiger partial charge in [-0.2, -0.15) is 10.1 Å². The SMILES string of the molecule is COc1cc(C)nc(NCc2ncn(C)n2)n1. The summed E-state index contributed by atoms with van der Waals surface area (Å²) in [5.74, 6) is 1.74. The second-order valence-electron chi connectivity index (χ2n) is 3.56. The number of rotatable bonds is 4. The van der Waals surface area contributed by atoms with E-state index < -0.39 is 0 Å². The summed E-state index contributed by atoms with van der Waals surface area (Å²) in [6, 6.07) is 1.77. The van der Waals surface area contributed by atoms with E-state index in [-0.39, 0.29) is 0 Å². The molecule has 7 nitrogen and oxygen atoms in total. The number of anilines is 1. The van der Waals surface area contributed by atoms with E-state index in [2.05, 4.69) is 25.4 Å². The van der Waals surface area contributed by atoms with Gasteiger partial charge in [-0.1, -0.05) is 0 Å². The van der Waals surface area contributed by atoms with E-state index in [1.165, 1.54) is 0 Å². The molecular formula is C10H14N6O. The van der Waals surface area contributed by atoms with Gasteiger partial charge in [-0.15, -0.1) is 0 Å². The zero-order valence-electron chi connectivity index (χ0n) is 10.0. The smallest absolute Gasteiger partial charge is 0.226 e. The first-order valence-corrected chi connectivity index (χ1v) is 5.15. The van der Waals surface area contributed by atoms with Crippen LogP contribution in [0.3, 0.4) is 0 Å². The van der Waals surface area contributed by atoms with Gasteiger partial charge in [0.15, 0.2) is 5.82 Å². The van der Waals surface area contributed by atoms with Crippen LogP contribution in [0.15, 0.2) is 12.4 Å². The van der Waals surface area contributed by atoms with Crippen molar-refractivity contribution >= 4 is 5.95 Å². The van der Waals surface area contributed by atoms with Crippen molar-refractivity contribution in [1.29, 1.82) is 0 Å². The Labute approximate surface area is 98.9 Å². The molecule has 90 valence electrons. The van der Waals surface area contributed by atoms with Gasteiger partial charge in [0, 0.05) is 18.8 Å². The van der Waals surface area contributed by atoms with Gasteiger partial charge in [0.1, 0.15) is 6.33 Å².